The predicted molar refractivity (Wildman–Crippen MR) is 73.2 cm³/mol. The van der Waals surface area contributed by atoms with Gasteiger partial charge in [-0.2, -0.15) is 0 Å². The standard InChI is InChI=1S/C14H21N3O2/c1-16(10-12-4-3-7-17(12)2)9-11-5-6-15-13(8-11)14(18)19/h5-6,8,12H,3-4,7,9-10H2,1-2H3,(H,18,19). The maximum absolute atomic E-state index is 10.9. The first-order valence-corrected chi connectivity index (χ1v) is 6.63. The van der Waals surface area contributed by atoms with Gasteiger partial charge >= 0.3 is 5.97 Å². The zero-order valence-corrected chi connectivity index (χ0v) is 11.5. The summed E-state index contributed by atoms with van der Waals surface area (Å²) in [6.45, 7) is 2.95. The molecule has 1 aliphatic heterocycles. The molecule has 1 fully saturated rings. The molecule has 0 aliphatic carbocycles. The monoisotopic (exact) mass is 263 g/mol. The third-order valence-electron chi connectivity index (χ3n) is 3.69. The van der Waals surface area contributed by atoms with E-state index in [1.54, 1.807) is 12.3 Å². The Morgan fingerprint density at radius 3 is 3.05 bits per heavy atom. The Kier molecular flexibility index (Phi) is 4.50. The number of aromatic nitrogens is 1. The molecule has 0 saturated carbocycles. The largest absolute Gasteiger partial charge is 0.477 e. The van der Waals surface area contributed by atoms with Gasteiger partial charge < -0.3 is 14.9 Å². The van der Waals surface area contributed by atoms with E-state index in [0.717, 1.165) is 18.7 Å². The summed E-state index contributed by atoms with van der Waals surface area (Å²) in [5, 5.41) is 8.93. The van der Waals surface area contributed by atoms with E-state index < -0.39 is 5.97 Å². The lowest BCUT2D eigenvalue weighted by Crippen LogP contribution is -2.36. The van der Waals surface area contributed by atoms with Crippen molar-refractivity contribution in [2.24, 2.45) is 0 Å². The summed E-state index contributed by atoms with van der Waals surface area (Å²) in [5.41, 5.74) is 1.11. The Labute approximate surface area is 113 Å². The van der Waals surface area contributed by atoms with Crippen LogP contribution in [0.25, 0.3) is 0 Å². The molecule has 1 atom stereocenters. The van der Waals surface area contributed by atoms with E-state index in [1.807, 2.05) is 6.07 Å². The Bertz CT molecular complexity index is 450. The summed E-state index contributed by atoms with van der Waals surface area (Å²) in [7, 11) is 4.24. The number of pyridine rings is 1. The number of rotatable bonds is 5. The summed E-state index contributed by atoms with van der Waals surface area (Å²) in [6, 6.07) is 4.14. The Hall–Kier alpha value is -1.46. The summed E-state index contributed by atoms with van der Waals surface area (Å²) < 4.78 is 0. The van der Waals surface area contributed by atoms with E-state index >= 15 is 0 Å². The van der Waals surface area contributed by atoms with E-state index in [1.165, 1.54) is 19.4 Å². The van der Waals surface area contributed by atoms with Crippen molar-refractivity contribution in [3.05, 3.63) is 29.6 Å². The maximum Gasteiger partial charge on any atom is 0.354 e. The van der Waals surface area contributed by atoms with Gasteiger partial charge in [0, 0.05) is 25.3 Å². The molecule has 5 heteroatoms. The molecule has 0 aromatic carbocycles. The lowest BCUT2D eigenvalue weighted by atomic mass is 10.2. The van der Waals surface area contributed by atoms with Crippen LogP contribution >= 0.6 is 0 Å². The highest BCUT2D eigenvalue weighted by atomic mass is 16.4. The summed E-state index contributed by atoms with van der Waals surface area (Å²) >= 11 is 0. The molecule has 1 saturated heterocycles. The molecule has 2 rings (SSSR count). The van der Waals surface area contributed by atoms with Crippen molar-refractivity contribution < 1.29 is 9.90 Å². The number of nitrogens with zero attached hydrogens (tertiary/aromatic N) is 3. The first-order valence-electron chi connectivity index (χ1n) is 6.63. The van der Waals surface area contributed by atoms with Crippen LogP contribution in [-0.4, -0.2) is 59.1 Å². The van der Waals surface area contributed by atoms with Crippen LogP contribution in [0, 0.1) is 0 Å². The molecule has 0 spiro atoms. The fourth-order valence-corrected chi connectivity index (χ4v) is 2.64. The minimum absolute atomic E-state index is 0.115. The molecule has 0 bridgehead atoms. The number of carbonyl (C=O) groups is 1. The third-order valence-corrected chi connectivity index (χ3v) is 3.69. The highest BCUT2D eigenvalue weighted by Gasteiger charge is 2.22. The quantitative estimate of drug-likeness (QED) is 0.868. The molecule has 1 unspecified atom stereocenters. The van der Waals surface area contributed by atoms with E-state index in [4.69, 9.17) is 5.11 Å². The van der Waals surface area contributed by atoms with Crippen molar-refractivity contribution in [2.45, 2.75) is 25.4 Å². The zero-order valence-electron chi connectivity index (χ0n) is 11.5. The second-order valence-electron chi connectivity index (χ2n) is 5.33. The van der Waals surface area contributed by atoms with Crippen molar-refractivity contribution in [3.8, 4) is 0 Å². The molecule has 1 aliphatic rings. The maximum atomic E-state index is 10.9. The SMILES string of the molecule is CN(Cc1ccnc(C(=O)O)c1)CC1CCCN1C. The smallest absolute Gasteiger partial charge is 0.354 e. The van der Waals surface area contributed by atoms with Crippen molar-refractivity contribution in [3.63, 3.8) is 0 Å². The van der Waals surface area contributed by atoms with Gasteiger partial charge in [-0.3, -0.25) is 0 Å². The minimum atomic E-state index is -0.972. The van der Waals surface area contributed by atoms with Crippen LogP contribution in [0.2, 0.25) is 0 Å². The van der Waals surface area contributed by atoms with E-state index in [9.17, 15) is 4.79 Å². The number of likely N-dealkylation sites (N-methyl/N-ethyl adjacent to an activating group) is 2. The van der Waals surface area contributed by atoms with Gasteiger partial charge in [0.15, 0.2) is 0 Å². The average molecular weight is 263 g/mol. The topological polar surface area (TPSA) is 56.7 Å². The lowest BCUT2D eigenvalue weighted by molar-refractivity contribution is 0.0690. The predicted octanol–water partition coefficient (Wildman–Crippen LogP) is 1.31. The minimum Gasteiger partial charge on any atom is -0.477 e. The first-order chi connectivity index (χ1) is 9.06. The molecule has 1 aromatic rings. The Morgan fingerprint density at radius 2 is 2.42 bits per heavy atom. The summed E-state index contributed by atoms with van der Waals surface area (Å²) in [5.74, 6) is -0.972. The molecule has 104 valence electrons. The van der Waals surface area contributed by atoms with E-state index in [0.29, 0.717) is 6.04 Å². The zero-order chi connectivity index (χ0) is 13.8. The number of carboxylic acid groups (broad SMARTS) is 1. The molecule has 2 heterocycles. The molecule has 0 amide bonds. The fraction of sp³-hybridized carbons (Fsp3) is 0.571. The molecule has 5 nitrogen and oxygen atoms in total. The normalized spacial score (nSPS) is 20.1. The van der Waals surface area contributed by atoms with Gasteiger partial charge in [0.1, 0.15) is 5.69 Å². The Balaban J connectivity index is 1.93. The van der Waals surface area contributed by atoms with Crippen LogP contribution in [0.1, 0.15) is 28.9 Å². The van der Waals surface area contributed by atoms with Crippen LogP contribution in [0.4, 0.5) is 0 Å². The van der Waals surface area contributed by atoms with Crippen LogP contribution < -0.4 is 0 Å². The first kappa shape index (κ1) is 14.0. The van der Waals surface area contributed by atoms with Crippen LogP contribution in [0.5, 0.6) is 0 Å². The lowest BCUT2D eigenvalue weighted by Gasteiger charge is -2.25. The van der Waals surface area contributed by atoms with Gasteiger partial charge in [-0.05, 0) is 51.2 Å². The molecule has 1 aromatic heterocycles. The summed E-state index contributed by atoms with van der Waals surface area (Å²) in [6.07, 6.45) is 4.08. The van der Waals surface area contributed by atoms with Crippen LogP contribution in [-0.2, 0) is 6.54 Å². The second kappa shape index (κ2) is 6.12. The van der Waals surface area contributed by atoms with Crippen molar-refractivity contribution in [2.75, 3.05) is 27.2 Å². The fourth-order valence-electron chi connectivity index (χ4n) is 2.64. The Morgan fingerprint density at radius 1 is 1.63 bits per heavy atom. The van der Waals surface area contributed by atoms with E-state index in [2.05, 4.69) is 28.9 Å². The molecule has 1 N–H and O–H groups in total. The highest BCUT2D eigenvalue weighted by Crippen LogP contribution is 2.16. The van der Waals surface area contributed by atoms with Crippen LogP contribution in [0.3, 0.4) is 0 Å². The third kappa shape index (κ3) is 3.75. The van der Waals surface area contributed by atoms with Gasteiger partial charge in [-0.15, -0.1) is 0 Å². The van der Waals surface area contributed by atoms with Crippen molar-refractivity contribution in [1.82, 2.24) is 14.8 Å². The number of likely N-dealkylation sites (tertiary alicyclic amines) is 1. The molecule has 19 heavy (non-hydrogen) atoms. The molecular weight excluding hydrogens is 242 g/mol. The average Bonchev–Trinajstić information content (AvgIpc) is 2.75. The van der Waals surface area contributed by atoms with Crippen LogP contribution in [0.15, 0.2) is 18.3 Å². The number of hydrogen-bond donors (Lipinski definition) is 1. The molecule has 0 radical (unpaired) electrons. The second-order valence-corrected chi connectivity index (χ2v) is 5.33. The van der Waals surface area contributed by atoms with Crippen molar-refractivity contribution in [1.29, 1.82) is 0 Å². The van der Waals surface area contributed by atoms with Gasteiger partial charge in [0.2, 0.25) is 0 Å². The van der Waals surface area contributed by atoms with Crippen molar-refractivity contribution >= 4 is 5.97 Å². The van der Waals surface area contributed by atoms with Gasteiger partial charge in [-0.1, -0.05) is 0 Å². The number of carboxylic acids is 1. The van der Waals surface area contributed by atoms with Gasteiger partial charge in [-0.25, -0.2) is 9.78 Å². The molecular formula is C14H21N3O2. The summed E-state index contributed by atoms with van der Waals surface area (Å²) in [4.78, 5) is 19.4. The highest BCUT2D eigenvalue weighted by molar-refractivity contribution is 5.85. The number of hydrogen-bond acceptors (Lipinski definition) is 4. The van der Waals surface area contributed by atoms with E-state index in [-0.39, 0.29) is 5.69 Å². The van der Waals surface area contributed by atoms with Gasteiger partial charge in [0.05, 0.1) is 0 Å². The number of aromatic carboxylic acids is 1. The van der Waals surface area contributed by atoms with Gasteiger partial charge in [0.25, 0.3) is 0 Å².